The first-order chi connectivity index (χ1) is 8.47. The average molecular weight is 268 g/mol. The Morgan fingerprint density at radius 2 is 1.33 bits per heavy atom. The van der Waals surface area contributed by atoms with Crippen LogP contribution in [0.4, 0.5) is 0 Å². The summed E-state index contributed by atoms with van der Waals surface area (Å²) < 4.78 is 10.5. The molecule has 0 spiro atoms. The molecule has 18 heavy (non-hydrogen) atoms. The molecule has 0 fully saturated rings. The second-order valence-corrected chi connectivity index (χ2v) is 4.12. The predicted octanol–water partition coefficient (Wildman–Crippen LogP) is -0.469. The molecule has 0 rings (SSSR count). The van der Waals surface area contributed by atoms with Gasteiger partial charge in [-0.25, -0.2) is 0 Å². The standard InChI is InChI=1S/C9H20O4.C3H8O2/c1-7(11)5-12-9(3)6-13-8(2)4-10;4-2-1-3-5/h7-11H,4-6H2,1-3H3;4-5H,1-3H2. The summed E-state index contributed by atoms with van der Waals surface area (Å²) in [6, 6.07) is 0. The third-order valence-electron chi connectivity index (χ3n) is 1.81. The summed E-state index contributed by atoms with van der Waals surface area (Å²) in [5.41, 5.74) is 0. The Bertz CT molecular complexity index is 152. The zero-order valence-corrected chi connectivity index (χ0v) is 11.6. The van der Waals surface area contributed by atoms with Crippen LogP contribution in [-0.4, -0.2) is 71.8 Å². The normalized spacial score (nSPS) is 15.5. The van der Waals surface area contributed by atoms with Crippen molar-refractivity contribution in [1.82, 2.24) is 0 Å². The summed E-state index contributed by atoms with van der Waals surface area (Å²) >= 11 is 0. The Kier molecular flexibility index (Phi) is 16.5. The molecule has 0 aliphatic heterocycles. The van der Waals surface area contributed by atoms with Gasteiger partial charge in [0, 0.05) is 13.2 Å². The minimum atomic E-state index is -0.447. The van der Waals surface area contributed by atoms with Crippen LogP contribution in [0.15, 0.2) is 0 Å². The summed E-state index contributed by atoms with van der Waals surface area (Å²) in [5, 5.41) is 33.4. The fourth-order valence-electron chi connectivity index (χ4n) is 0.775. The largest absolute Gasteiger partial charge is 0.396 e. The second-order valence-electron chi connectivity index (χ2n) is 4.12. The lowest BCUT2D eigenvalue weighted by Crippen LogP contribution is -2.24. The number of ether oxygens (including phenoxy) is 2. The monoisotopic (exact) mass is 268 g/mol. The van der Waals surface area contributed by atoms with E-state index in [0.29, 0.717) is 19.6 Å². The lowest BCUT2D eigenvalue weighted by Gasteiger charge is -2.16. The molecule has 6 heteroatoms. The highest BCUT2D eigenvalue weighted by atomic mass is 16.5. The fourth-order valence-corrected chi connectivity index (χ4v) is 0.775. The number of hydrogen-bond acceptors (Lipinski definition) is 6. The third-order valence-corrected chi connectivity index (χ3v) is 1.81. The SMILES string of the molecule is CC(O)COC(C)COC(C)CO.OCCCO. The average Bonchev–Trinajstić information content (AvgIpc) is 2.35. The van der Waals surface area contributed by atoms with Crippen LogP contribution in [0.3, 0.4) is 0 Å². The molecule has 0 aliphatic carbocycles. The molecule has 0 saturated heterocycles. The van der Waals surface area contributed by atoms with E-state index in [2.05, 4.69) is 0 Å². The van der Waals surface area contributed by atoms with Crippen molar-refractivity contribution in [3.63, 3.8) is 0 Å². The highest BCUT2D eigenvalue weighted by Gasteiger charge is 2.06. The molecule has 0 aromatic carbocycles. The first-order valence-corrected chi connectivity index (χ1v) is 6.21. The van der Waals surface area contributed by atoms with Crippen molar-refractivity contribution in [2.45, 2.75) is 45.5 Å². The van der Waals surface area contributed by atoms with Gasteiger partial charge in [0.25, 0.3) is 0 Å². The van der Waals surface area contributed by atoms with Gasteiger partial charge in [-0.1, -0.05) is 0 Å². The van der Waals surface area contributed by atoms with Gasteiger partial charge in [-0.15, -0.1) is 0 Å². The Morgan fingerprint density at radius 3 is 1.67 bits per heavy atom. The number of hydrogen-bond donors (Lipinski definition) is 4. The second kappa shape index (κ2) is 14.8. The third kappa shape index (κ3) is 18.1. The smallest absolute Gasteiger partial charge is 0.0781 e. The van der Waals surface area contributed by atoms with Gasteiger partial charge in [0.2, 0.25) is 0 Å². The van der Waals surface area contributed by atoms with Gasteiger partial charge < -0.3 is 29.9 Å². The van der Waals surface area contributed by atoms with E-state index in [9.17, 15) is 0 Å². The lowest BCUT2D eigenvalue weighted by atomic mass is 10.4. The van der Waals surface area contributed by atoms with Crippen LogP contribution < -0.4 is 0 Å². The van der Waals surface area contributed by atoms with Gasteiger partial charge in [-0.2, -0.15) is 0 Å². The maximum Gasteiger partial charge on any atom is 0.0781 e. The van der Waals surface area contributed by atoms with Crippen LogP contribution in [0.5, 0.6) is 0 Å². The van der Waals surface area contributed by atoms with Gasteiger partial charge in [-0.3, -0.25) is 0 Å². The van der Waals surface area contributed by atoms with Crippen LogP contribution in [0.1, 0.15) is 27.2 Å². The Balaban J connectivity index is 0. The molecule has 0 amide bonds. The van der Waals surface area contributed by atoms with Gasteiger partial charge in [0.05, 0.1) is 38.1 Å². The van der Waals surface area contributed by atoms with Gasteiger partial charge >= 0.3 is 0 Å². The topological polar surface area (TPSA) is 99.4 Å². The van der Waals surface area contributed by atoms with Crippen molar-refractivity contribution in [2.75, 3.05) is 33.0 Å². The van der Waals surface area contributed by atoms with Crippen molar-refractivity contribution in [1.29, 1.82) is 0 Å². The van der Waals surface area contributed by atoms with E-state index in [4.69, 9.17) is 29.9 Å². The molecule has 0 radical (unpaired) electrons. The van der Waals surface area contributed by atoms with Gasteiger partial charge in [-0.05, 0) is 27.2 Å². The summed E-state index contributed by atoms with van der Waals surface area (Å²) in [5.74, 6) is 0. The van der Waals surface area contributed by atoms with E-state index in [1.165, 1.54) is 0 Å². The molecule has 0 heterocycles. The molecule has 3 atom stereocenters. The van der Waals surface area contributed by atoms with Crippen LogP contribution in [0.25, 0.3) is 0 Å². The van der Waals surface area contributed by atoms with E-state index in [-0.39, 0.29) is 32.0 Å². The van der Waals surface area contributed by atoms with Crippen LogP contribution >= 0.6 is 0 Å². The molecule has 0 aliphatic rings. The summed E-state index contributed by atoms with van der Waals surface area (Å²) in [7, 11) is 0. The van der Waals surface area contributed by atoms with Crippen molar-refractivity contribution >= 4 is 0 Å². The summed E-state index contributed by atoms with van der Waals surface area (Å²) in [6.45, 7) is 6.29. The fraction of sp³-hybridized carbons (Fsp3) is 1.00. The van der Waals surface area contributed by atoms with E-state index >= 15 is 0 Å². The highest BCUT2D eigenvalue weighted by Crippen LogP contribution is 1.97. The number of rotatable bonds is 9. The Labute approximate surface area is 109 Å². The van der Waals surface area contributed by atoms with Crippen molar-refractivity contribution in [3.05, 3.63) is 0 Å². The van der Waals surface area contributed by atoms with Gasteiger partial charge in [0.1, 0.15) is 0 Å². The molecule has 112 valence electrons. The summed E-state index contributed by atoms with van der Waals surface area (Å²) in [6.07, 6.45) is -0.154. The van der Waals surface area contributed by atoms with Crippen molar-refractivity contribution < 1.29 is 29.9 Å². The zero-order valence-electron chi connectivity index (χ0n) is 11.6. The highest BCUT2D eigenvalue weighted by molar-refractivity contribution is 4.52. The van der Waals surface area contributed by atoms with Gasteiger partial charge in [0.15, 0.2) is 0 Å². The van der Waals surface area contributed by atoms with Crippen LogP contribution in [-0.2, 0) is 9.47 Å². The molecule has 0 saturated carbocycles. The first-order valence-electron chi connectivity index (χ1n) is 6.21. The maximum atomic E-state index is 8.92. The minimum Gasteiger partial charge on any atom is -0.396 e. The molecular formula is C12H28O6. The Hall–Kier alpha value is -0.240. The minimum absolute atomic E-state index is 0.0170. The molecule has 4 N–H and O–H groups in total. The predicted molar refractivity (Wildman–Crippen MR) is 68.4 cm³/mol. The van der Waals surface area contributed by atoms with Crippen molar-refractivity contribution in [3.8, 4) is 0 Å². The molecule has 0 aromatic rings. The number of aliphatic hydroxyl groups is 4. The molecule has 0 aromatic heterocycles. The van der Waals surface area contributed by atoms with E-state index in [0.717, 1.165) is 0 Å². The van der Waals surface area contributed by atoms with E-state index < -0.39 is 6.10 Å². The summed E-state index contributed by atoms with van der Waals surface area (Å²) in [4.78, 5) is 0. The number of aliphatic hydroxyl groups excluding tert-OH is 4. The van der Waals surface area contributed by atoms with Crippen LogP contribution in [0.2, 0.25) is 0 Å². The molecule has 0 bridgehead atoms. The zero-order chi connectivity index (χ0) is 14.4. The Morgan fingerprint density at radius 1 is 0.833 bits per heavy atom. The van der Waals surface area contributed by atoms with E-state index in [1.54, 1.807) is 13.8 Å². The maximum absolute atomic E-state index is 8.92. The lowest BCUT2D eigenvalue weighted by molar-refractivity contribution is -0.0620. The quantitative estimate of drug-likeness (QED) is 0.451. The van der Waals surface area contributed by atoms with E-state index in [1.807, 2.05) is 6.92 Å². The van der Waals surface area contributed by atoms with Crippen LogP contribution in [0, 0.1) is 0 Å². The molecule has 3 unspecified atom stereocenters. The first kappa shape index (κ1) is 20.1. The van der Waals surface area contributed by atoms with Crippen molar-refractivity contribution in [2.24, 2.45) is 0 Å². The molecular weight excluding hydrogens is 240 g/mol. The molecule has 6 nitrogen and oxygen atoms in total.